The first-order chi connectivity index (χ1) is 10.5. The summed E-state index contributed by atoms with van der Waals surface area (Å²) in [5.74, 6) is 0. The van der Waals surface area contributed by atoms with Crippen molar-refractivity contribution in [1.29, 1.82) is 0 Å². The normalized spacial score (nSPS) is 20.7. The van der Waals surface area contributed by atoms with Crippen molar-refractivity contribution in [2.45, 2.75) is 32.9 Å². The SMILES string of the molecule is CC1(C)CN(C(=O)OCc2ccccc2)CC[C@@H]1NCCN. The van der Waals surface area contributed by atoms with Gasteiger partial charge < -0.3 is 20.7 Å². The maximum Gasteiger partial charge on any atom is 0.410 e. The largest absolute Gasteiger partial charge is 0.445 e. The van der Waals surface area contributed by atoms with Gasteiger partial charge in [-0.2, -0.15) is 0 Å². The van der Waals surface area contributed by atoms with E-state index in [1.807, 2.05) is 35.2 Å². The molecule has 3 N–H and O–H groups in total. The van der Waals surface area contributed by atoms with Gasteiger partial charge in [-0.1, -0.05) is 44.2 Å². The molecule has 0 saturated carbocycles. The molecular weight excluding hydrogens is 278 g/mol. The molecule has 2 rings (SSSR count). The summed E-state index contributed by atoms with van der Waals surface area (Å²) in [5.41, 5.74) is 6.58. The quantitative estimate of drug-likeness (QED) is 0.873. The molecule has 5 nitrogen and oxygen atoms in total. The lowest BCUT2D eigenvalue weighted by molar-refractivity contribution is 0.0471. The van der Waals surface area contributed by atoms with E-state index < -0.39 is 0 Å². The number of benzene rings is 1. The third kappa shape index (κ3) is 4.45. The zero-order valence-corrected chi connectivity index (χ0v) is 13.5. The van der Waals surface area contributed by atoms with Crippen molar-refractivity contribution in [1.82, 2.24) is 10.2 Å². The van der Waals surface area contributed by atoms with E-state index in [0.717, 1.165) is 25.1 Å². The van der Waals surface area contributed by atoms with Gasteiger partial charge in [-0.25, -0.2) is 4.79 Å². The summed E-state index contributed by atoms with van der Waals surface area (Å²) in [7, 11) is 0. The topological polar surface area (TPSA) is 67.6 Å². The lowest BCUT2D eigenvalue weighted by atomic mass is 9.79. The molecule has 22 heavy (non-hydrogen) atoms. The second-order valence-corrected chi connectivity index (χ2v) is 6.53. The van der Waals surface area contributed by atoms with E-state index in [1.165, 1.54) is 0 Å². The maximum atomic E-state index is 12.2. The molecule has 1 aliphatic heterocycles. The van der Waals surface area contributed by atoms with E-state index in [2.05, 4.69) is 19.2 Å². The Bertz CT molecular complexity index is 476. The number of piperidine rings is 1. The summed E-state index contributed by atoms with van der Waals surface area (Å²) in [6.07, 6.45) is 0.696. The second kappa shape index (κ2) is 7.61. The highest BCUT2D eigenvalue weighted by atomic mass is 16.6. The van der Waals surface area contributed by atoms with Crippen molar-refractivity contribution in [2.75, 3.05) is 26.2 Å². The molecule has 1 heterocycles. The first kappa shape index (κ1) is 16.8. The van der Waals surface area contributed by atoms with Crippen LogP contribution in [0.1, 0.15) is 25.8 Å². The fourth-order valence-corrected chi connectivity index (χ4v) is 2.96. The molecule has 0 unspecified atom stereocenters. The average molecular weight is 305 g/mol. The van der Waals surface area contributed by atoms with E-state index in [9.17, 15) is 4.79 Å². The van der Waals surface area contributed by atoms with E-state index in [-0.39, 0.29) is 11.5 Å². The van der Waals surface area contributed by atoms with Gasteiger partial charge in [0, 0.05) is 32.2 Å². The average Bonchev–Trinajstić information content (AvgIpc) is 2.51. The van der Waals surface area contributed by atoms with Gasteiger partial charge in [-0.05, 0) is 17.4 Å². The lowest BCUT2D eigenvalue weighted by Crippen LogP contribution is -2.56. The lowest BCUT2D eigenvalue weighted by Gasteiger charge is -2.44. The second-order valence-electron chi connectivity index (χ2n) is 6.53. The molecular formula is C17H27N3O2. The number of hydrogen-bond acceptors (Lipinski definition) is 4. The molecule has 1 atom stereocenters. The first-order valence-corrected chi connectivity index (χ1v) is 7.92. The summed E-state index contributed by atoms with van der Waals surface area (Å²) >= 11 is 0. The minimum atomic E-state index is -0.228. The number of ether oxygens (including phenoxy) is 1. The highest BCUT2D eigenvalue weighted by Gasteiger charge is 2.37. The molecule has 122 valence electrons. The number of carbonyl (C=O) groups excluding carboxylic acids is 1. The Balaban J connectivity index is 1.84. The van der Waals surface area contributed by atoms with Crippen LogP contribution < -0.4 is 11.1 Å². The van der Waals surface area contributed by atoms with Crippen LogP contribution in [0.3, 0.4) is 0 Å². The van der Waals surface area contributed by atoms with Crippen molar-refractivity contribution in [3.63, 3.8) is 0 Å². The van der Waals surface area contributed by atoms with Gasteiger partial charge in [0.05, 0.1) is 0 Å². The van der Waals surface area contributed by atoms with Gasteiger partial charge in [0.15, 0.2) is 0 Å². The molecule has 1 aliphatic rings. The smallest absolute Gasteiger partial charge is 0.410 e. The van der Waals surface area contributed by atoms with Crippen LogP contribution in [0.15, 0.2) is 30.3 Å². The number of nitrogens with zero attached hydrogens (tertiary/aromatic N) is 1. The van der Waals surface area contributed by atoms with Crippen LogP contribution >= 0.6 is 0 Å². The Morgan fingerprint density at radius 3 is 2.77 bits per heavy atom. The number of hydrogen-bond donors (Lipinski definition) is 2. The molecule has 0 radical (unpaired) electrons. The zero-order valence-electron chi connectivity index (χ0n) is 13.5. The summed E-state index contributed by atoms with van der Waals surface area (Å²) in [6, 6.07) is 10.1. The number of nitrogens with two attached hydrogens (primary N) is 1. The number of nitrogens with one attached hydrogen (secondary N) is 1. The van der Waals surface area contributed by atoms with Crippen molar-refractivity contribution < 1.29 is 9.53 Å². The Morgan fingerprint density at radius 1 is 1.41 bits per heavy atom. The van der Waals surface area contributed by atoms with E-state index >= 15 is 0 Å². The summed E-state index contributed by atoms with van der Waals surface area (Å²) < 4.78 is 5.42. The fraction of sp³-hybridized carbons (Fsp3) is 0.588. The van der Waals surface area contributed by atoms with Crippen molar-refractivity contribution in [2.24, 2.45) is 11.1 Å². The third-order valence-corrected chi connectivity index (χ3v) is 4.23. The third-order valence-electron chi connectivity index (χ3n) is 4.23. The summed E-state index contributed by atoms with van der Waals surface area (Å²) in [4.78, 5) is 14.1. The highest BCUT2D eigenvalue weighted by molar-refractivity contribution is 5.67. The molecule has 1 fully saturated rings. The molecule has 0 aromatic heterocycles. The van der Waals surface area contributed by atoms with Gasteiger partial charge >= 0.3 is 6.09 Å². The Labute approximate surface area is 132 Å². The van der Waals surface area contributed by atoms with E-state index in [0.29, 0.717) is 25.7 Å². The molecule has 1 saturated heterocycles. The fourth-order valence-electron chi connectivity index (χ4n) is 2.96. The van der Waals surface area contributed by atoms with Crippen LogP contribution in [0.4, 0.5) is 4.79 Å². The minimum absolute atomic E-state index is 0.0131. The van der Waals surface area contributed by atoms with Crippen molar-refractivity contribution in [3.05, 3.63) is 35.9 Å². The van der Waals surface area contributed by atoms with Crippen LogP contribution in [0.25, 0.3) is 0 Å². The number of amides is 1. The predicted molar refractivity (Wildman–Crippen MR) is 87.4 cm³/mol. The van der Waals surface area contributed by atoms with Gasteiger partial charge in [0.1, 0.15) is 6.61 Å². The maximum absolute atomic E-state index is 12.2. The Kier molecular flexibility index (Phi) is 5.80. The monoisotopic (exact) mass is 305 g/mol. The minimum Gasteiger partial charge on any atom is -0.445 e. The molecule has 1 aromatic carbocycles. The molecule has 0 spiro atoms. The van der Waals surface area contributed by atoms with Gasteiger partial charge in [-0.3, -0.25) is 0 Å². The van der Waals surface area contributed by atoms with Gasteiger partial charge in [0.2, 0.25) is 0 Å². The molecule has 5 heteroatoms. The standard InChI is InChI=1S/C17H27N3O2/c1-17(2)13-20(11-8-15(17)19-10-9-18)16(21)22-12-14-6-4-3-5-7-14/h3-7,15,19H,8-13,18H2,1-2H3/t15-/m0/s1. The van der Waals surface area contributed by atoms with Crippen molar-refractivity contribution >= 4 is 6.09 Å². The Morgan fingerprint density at radius 2 is 2.14 bits per heavy atom. The first-order valence-electron chi connectivity index (χ1n) is 7.92. The van der Waals surface area contributed by atoms with E-state index in [1.54, 1.807) is 0 Å². The van der Waals surface area contributed by atoms with Crippen LogP contribution in [0.5, 0.6) is 0 Å². The molecule has 0 aliphatic carbocycles. The molecule has 0 bridgehead atoms. The predicted octanol–water partition coefficient (Wildman–Crippen LogP) is 1.97. The van der Waals surface area contributed by atoms with Crippen LogP contribution in [0, 0.1) is 5.41 Å². The van der Waals surface area contributed by atoms with Crippen LogP contribution in [-0.2, 0) is 11.3 Å². The number of carbonyl (C=O) groups is 1. The van der Waals surface area contributed by atoms with Crippen LogP contribution in [0.2, 0.25) is 0 Å². The van der Waals surface area contributed by atoms with E-state index in [4.69, 9.17) is 10.5 Å². The number of likely N-dealkylation sites (tertiary alicyclic amines) is 1. The molecule has 1 aromatic rings. The highest BCUT2D eigenvalue weighted by Crippen LogP contribution is 2.29. The van der Waals surface area contributed by atoms with Gasteiger partial charge in [-0.15, -0.1) is 0 Å². The Hall–Kier alpha value is -1.59. The van der Waals surface area contributed by atoms with Crippen molar-refractivity contribution in [3.8, 4) is 0 Å². The van der Waals surface area contributed by atoms with Crippen LogP contribution in [-0.4, -0.2) is 43.2 Å². The van der Waals surface area contributed by atoms with Gasteiger partial charge in [0.25, 0.3) is 0 Å². The number of rotatable bonds is 5. The molecule has 1 amide bonds. The summed E-state index contributed by atoms with van der Waals surface area (Å²) in [6.45, 7) is 7.55. The summed E-state index contributed by atoms with van der Waals surface area (Å²) in [5, 5.41) is 3.48. The zero-order chi connectivity index (χ0) is 16.0.